The lowest BCUT2D eigenvalue weighted by Gasteiger charge is -2.34. The number of carbonyl (C=O) groups is 1. The third-order valence-electron chi connectivity index (χ3n) is 6.78. The Morgan fingerprint density at radius 2 is 1.86 bits per heavy atom. The Labute approximate surface area is 205 Å². The van der Waals surface area contributed by atoms with E-state index in [1.165, 1.54) is 4.31 Å². The van der Waals surface area contributed by atoms with Crippen LogP contribution in [0.1, 0.15) is 55.5 Å². The highest BCUT2D eigenvalue weighted by molar-refractivity contribution is 7.88. The number of aromatic nitrogens is 2. The van der Waals surface area contributed by atoms with Gasteiger partial charge in [0.15, 0.2) is 0 Å². The number of halogens is 3. The van der Waals surface area contributed by atoms with Gasteiger partial charge in [0.2, 0.25) is 15.9 Å². The fraction of sp³-hybridized carbons (Fsp3) is 0.500. The van der Waals surface area contributed by atoms with E-state index < -0.39 is 46.3 Å². The van der Waals surface area contributed by atoms with Crippen LogP contribution in [0.15, 0.2) is 40.4 Å². The number of sulfonamides is 1. The van der Waals surface area contributed by atoms with Gasteiger partial charge in [0.1, 0.15) is 23.8 Å². The molecule has 3 aliphatic rings. The van der Waals surface area contributed by atoms with Crippen LogP contribution in [0.5, 0.6) is 0 Å². The summed E-state index contributed by atoms with van der Waals surface area (Å²) in [5.74, 6) is -2.00. The van der Waals surface area contributed by atoms with Crippen molar-refractivity contribution in [1.29, 1.82) is 0 Å². The molecule has 2 saturated heterocycles. The van der Waals surface area contributed by atoms with Gasteiger partial charge in [-0.1, -0.05) is 36.8 Å². The lowest BCUT2D eigenvalue weighted by molar-refractivity contribution is -0.161. The molecule has 1 aromatic carbocycles. The third-order valence-corrected chi connectivity index (χ3v) is 8.07. The summed E-state index contributed by atoms with van der Waals surface area (Å²) in [5.41, 5.74) is 2.97. The quantitative estimate of drug-likeness (QED) is 0.623. The molecule has 0 spiro atoms. The number of hydrogen-bond acceptors (Lipinski definition) is 8. The van der Waals surface area contributed by atoms with Crippen LogP contribution in [0.25, 0.3) is 5.57 Å². The van der Waals surface area contributed by atoms with Gasteiger partial charge in [-0.05, 0) is 25.3 Å². The number of hydrazine groups is 1. The van der Waals surface area contributed by atoms with Gasteiger partial charge in [0, 0.05) is 12.2 Å². The average Bonchev–Trinajstić information content (AvgIpc) is 3.44. The molecule has 0 bridgehead atoms. The zero-order valence-corrected chi connectivity index (χ0v) is 20.3. The Balaban J connectivity index is 1.48. The molecule has 194 valence electrons. The smallest absolute Gasteiger partial charge is 0.406 e. The number of nitrogens with one attached hydrogen (secondary N) is 2. The van der Waals surface area contributed by atoms with E-state index in [2.05, 4.69) is 20.9 Å². The molecular weight excluding hydrogens is 501 g/mol. The number of fused-ring (bicyclic) bond motifs is 1. The predicted octanol–water partition coefficient (Wildman–Crippen LogP) is 2.28. The van der Waals surface area contributed by atoms with Crippen molar-refractivity contribution < 1.29 is 30.8 Å². The molecule has 2 N–H and O–H groups in total. The number of carbonyl (C=O) groups excluding carboxylic acids is 1. The first-order chi connectivity index (χ1) is 17.0. The molecule has 2 fully saturated rings. The van der Waals surface area contributed by atoms with E-state index in [1.54, 1.807) is 37.3 Å². The second-order valence-electron chi connectivity index (χ2n) is 9.18. The molecule has 36 heavy (non-hydrogen) atoms. The summed E-state index contributed by atoms with van der Waals surface area (Å²) in [7, 11) is -3.54. The van der Waals surface area contributed by atoms with E-state index in [0.717, 1.165) is 17.7 Å². The largest absolute Gasteiger partial charge is 0.419 e. The van der Waals surface area contributed by atoms with Gasteiger partial charge in [-0.25, -0.2) is 18.9 Å². The number of amides is 1. The third kappa shape index (κ3) is 4.26. The molecule has 4 heterocycles. The molecule has 4 unspecified atom stereocenters. The van der Waals surface area contributed by atoms with Gasteiger partial charge in [0.25, 0.3) is 11.8 Å². The van der Waals surface area contributed by atoms with Crippen molar-refractivity contribution in [2.24, 2.45) is 0 Å². The Kier molecular flexibility index (Phi) is 6.08. The molecule has 1 amide bonds. The van der Waals surface area contributed by atoms with E-state index >= 15 is 0 Å². The fourth-order valence-electron chi connectivity index (χ4n) is 5.17. The van der Waals surface area contributed by atoms with Crippen LogP contribution in [0.3, 0.4) is 0 Å². The first-order valence-electron chi connectivity index (χ1n) is 11.5. The minimum atomic E-state index is -4.62. The minimum absolute atomic E-state index is 0.0371. The first-order valence-corrected chi connectivity index (χ1v) is 13.3. The summed E-state index contributed by atoms with van der Waals surface area (Å²) < 4.78 is 73.4. The summed E-state index contributed by atoms with van der Waals surface area (Å²) in [6, 6.07) is 5.52. The Bertz CT molecular complexity index is 1300. The standard InChI is InChI=1S/C22H25F3N6O4S/c1-12-15(20-28-27-19(35-20)14-10-6-7-11-30(14)36(2,33)34)21(32)31-18(26-12)16(13-8-4-3-5-9-13)17(29-31)22(23,24)25/h3-5,8-9,14,16-18,26,29H,6-7,10-11H2,1-2H3. The van der Waals surface area contributed by atoms with Crippen molar-refractivity contribution in [2.45, 2.75) is 56.5 Å². The summed E-state index contributed by atoms with van der Waals surface area (Å²) >= 11 is 0. The van der Waals surface area contributed by atoms with Gasteiger partial charge in [-0.2, -0.15) is 17.5 Å². The van der Waals surface area contributed by atoms with E-state index in [0.29, 0.717) is 24.9 Å². The lowest BCUT2D eigenvalue weighted by atomic mass is 9.89. The molecule has 0 aliphatic carbocycles. The second-order valence-corrected chi connectivity index (χ2v) is 11.1. The highest BCUT2D eigenvalue weighted by Gasteiger charge is 2.58. The SMILES string of the molecule is CC1=C(c2nnc(C3CCCCN3S(C)(=O)=O)o2)C(=O)N2NC(C(F)(F)F)C(c3ccccc3)C2N1. The van der Waals surface area contributed by atoms with E-state index in [1.807, 2.05) is 0 Å². The summed E-state index contributed by atoms with van der Waals surface area (Å²) in [6.45, 7) is 1.86. The zero-order valence-electron chi connectivity index (χ0n) is 19.5. The number of hydrogen-bond donors (Lipinski definition) is 2. The summed E-state index contributed by atoms with van der Waals surface area (Å²) in [4.78, 5) is 13.4. The number of allylic oxidation sites excluding steroid dienone is 1. The Hall–Kier alpha value is -2.97. The molecular formula is C22H25F3N6O4S. The zero-order chi connectivity index (χ0) is 25.8. The lowest BCUT2D eigenvalue weighted by Crippen LogP contribution is -2.54. The Morgan fingerprint density at radius 3 is 2.53 bits per heavy atom. The highest BCUT2D eigenvalue weighted by Crippen LogP contribution is 2.42. The van der Waals surface area contributed by atoms with Crippen LogP contribution in [0.2, 0.25) is 0 Å². The van der Waals surface area contributed by atoms with Crippen molar-refractivity contribution in [3.05, 3.63) is 53.4 Å². The van der Waals surface area contributed by atoms with Crippen LogP contribution in [-0.4, -0.2) is 65.0 Å². The molecule has 10 nitrogen and oxygen atoms in total. The molecule has 1 aromatic heterocycles. The van der Waals surface area contributed by atoms with Crippen molar-refractivity contribution in [3.63, 3.8) is 0 Å². The van der Waals surface area contributed by atoms with E-state index in [4.69, 9.17) is 4.42 Å². The van der Waals surface area contributed by atoms with Crippen LogP contribution >= 0.6 is 0 Å². The van der Waals surface area contributed by atoms with E-state index in [-0.39, 0.29) is 23.1 Å². The molecule has 3 aliphatic heterocycles. The van der Waals surface area contributed by atoms with Crippen molar-refractivity contribution >= 4 is 21.5 Å². The van der Waals surface area contributed by atoms with Gasteiger partial charge >= 0.3 is 6.18 Å². The van der Waals surface area contributed by atoms with Crippen molar-refractivity contribution in [3.8, 4) is 0 Å². The highest BCUT2D eigenvalue weighted by atomic mass is 32.2. The Morgan fingerprint density at radius 1 is 1.14 bits per heavy atom. The van der Waals surface area contributed by atoms with E-state index in [9.17, 15) is 26.4 Å². The molecule has 5 rings (SSSR count). The summed E-state index contributed by atoms with van der Waals surface area (Å²) in [5, 5.41) is 11.9. The first kappa shape index (κ1) is 24.7. The van der Waals surface area contributed by atoms with Gasteiger partial charge < -0.3 is 9.73 Å². The van der Waals surface area contributed by atoms with Crippen molar-refractivity contribution in [2.75, 3.05) is 12.8 Å². The number of nitrogens with zero attached hydrogens (tertiary/aromatic N) is 4. The molecule has 0 saturated carbocycles. The number of benzene rings is 1. The minimum Gasteiger partial charge on any atom is -0.419 e. The van der Waals surface area contributed by atoms with Crippen LogP contribution in [0, 0.1) is 0 Å². The average molecular weight is 527 g/mol. The maximum absolute atomic E-state index is 14.0. The summed E-state index contributed by atoms with van der Waals surface area (Å²) in [6.07, 6.45) is -2.60. The molecule has 4 atom stereocenters. The predicted molar refractivity (Wildman–Crippen MR) is 121 cm³/mol. The molecule has 0 radical (unpaired) electrons. The second kappa shape index (κ2) is 8.85. The van der Waals surface area contributed by atoms with Crippen LogP contribution in [0.4, 0.5) is 13.2 Å². The van der Waals surface area contributed by atoms with Crippen LogP contribution in [-0.2, 0) is 14.8 Å². The monoisotopic (exact) mass is 526 g/mol. The maximum atomic E-state index is 14.0. The maximum Gasteiger partial charge on any atom is 0.406 e. The van der Waals surface area contributed by atoms with Gasteiger partial charge in [-0.3, -0.25) is 4.79 Å². The van der Waals surface area contributed by atoms with Crippen molar-refractivity contribution in [1.82, 2.24) is 30.3 Å². The number of rotatable bonds is 4. The molecule has 14 heteroatoms. The number of alkyl halides is 3. The van der Waals surface area contributed by atoms with Gasteiger partial charge in [-0.15, -0.1) is 10.2 Å². The van der Waals surface area contributed by atoms with Crippen LogP contribution < -0.4 is 10.7 Å². The topological polar surface area (TPSA) is 121 Å². The number of piperidine rings is 1. The normalized spacial score (nSPS) is 27.8. The van der Waals surface area contributed by atoms with Gasteiger partial charge in [0.05, 0.1) is 12.2 Å². The fourth-order valence-corrected chi connectivity index (χ4v) is 6.28. The molecule has 2 aromatic rings.